The predicted octanol–water partition coefficient (Wildman–Crippen LogP) is 0.946. The minimum atomic E-state index is -0.186. The summed E-state index contributed by atoms with van der Waals surface area (Å²) in [6, 6.07) is 0. The van der Waals surface area contributed by atoms with Crippen molar-refractivity contribution in [3.63, 3.8) is 0 Å². The van der Waals surface area contributed by atoms with Crippen molar-refractivity contribution in [2.75, 3.05) is 13.7 Å². The number of hydrogen-bond donors (Lipinski definition) is 1. The van der Waals surface area contributed by atoms with E-state index in [4.69, 9.17) is 0 Å². The van der Waals surface area contributed by atoms with Crippen LogP contribution in [0.1, 0.15) is 25.5 Å². The first-order chi connectivity index (χ1) is 7.77. The molecule has 16 heavy (non-hydrogen) atoms. The van der Waals surface area contributed by atoms with Gasteiger partial charge in [0.2, 0.25) is 0 Å². The molecule has 5 nitrogen and oxygen atoms in total. The minimum absolute atomic E-state index is 0.186. The number of nitrogens with zero attached hydrogens (tertiary/aromatic N) is 2. The molecular weight excluding hydrogens is 206 g/mol. The van der Waals surface area contributed by atoms with Crippen molar-refractivity contribution in [2.45, 2.75) is 32.9 Å². The molecule has 90 valence electrons. The standard InChI is InChI=1S/C11H19N3O2/c1-3-6-14-9-13-8-10(14)7-12-5-4-11(15)16-2/h8-9,12H,3-7H2,1-2H3. The molecule has 0 aliphatic heterocycles. The van der Waals surface area contributed by atoms with Gasteiger partial charge in [-0.05, 0) is 6.42 Å². The summed E-state index contributed by atoms with van der Waals surface area (Å²) in [6.07, 6.45) is 5.17. The van der Waals surface area contributed by atoms with Crippen LogP contribution in [0.2, 0.25) is 0 Å². The van der Waals surface area contributed by atoms with Gasteiger partial charge in [-0.3, -0.25) is 4.79 Å². The van der Waals surface area contributed by atoms with Gasteiger partial charge < -0.3 is 14.6 Å². The minimum Gasteiger partial charge on any atom is -0.469 e. The summed E-state index contributed by atoms with van der Waals surface area (Å²) >= 11 is 0. The summed E-state index contributed by atoms with van der Waals surface area (Å²) in [5, 5.41) is 3.19. The molecule has 0 atom stereocenters. The van der Waals surface area contributed by atoms with E-state index in [1.165, 1.54) is 7.11 Å². The number of esters is 1. The van der Waals surface area contributed by atoms with Crippen LogP contribution in [0.25, 0.3) is 0 Å². The highest BCUT2D eigenvalue weighted by Gasteiger charge is 2.02. The van der Waals surface area contributed by atoms with Gasteiger partial charge in [0, 0.05) is 25.8 Å². The van der Waals surface area contributed by atoms with E-state index >= 15 is 0 Å². The second-order valence-corrected chi connectivity index (χ2v) is 3.58. The van der Waals surface area contributed by atoms with Gasteiger partial charge in [-0.2, -0.15) is 0 Å². The van der Waals surface area contributed by atoms with Crippen LogP contribution in [-0.4, -0.2) is 29.2 Å². The zero-order valence-corrected chi connectivity index (χ0v) is 9.90. The Hall–Kier alpha value is -1.36. The van der Waals surface area contributed by atoms with Gasteiger partial charge in [-0.1, -0.05) is 6.92 Å². The number of rotatable bonds is 7. The van der Waals surface area contributed by atoms with Gasteiger partial charge in [-0.15, -0.1) is 0 Å². The molecule has 0 radical (unpaired) electrons. The molecule has 0 unspecified atom stereocenters. The number of aromatic nitrogens is 2. The highest BCUT2D eigenvalue weighted by atomic mass is 16.5. The Morgan fingerprint density at radius 2 is 2.44 bits per heavy atom. The van der Waals surface area contributed by atoms with Gasteiger partial charge >= 0.3 is 5.97 Å². The third-order valence-corrected chi connectivity index (χ3v) is 2.30. The summed E-state index contributed by atoms with van der Waals surface area (Å²) in [5.74, 6) is -0.186. The first kappa shape index (κ1) is 12.7. The molecule has 0 aromatic carbocycles. The molecule has 0 amide bonds. The lowest BCUT2D eigenvalue weighted by Gasteiger charge is -2.07. The molecule has 5 heteroatoms. The van der Waals surface area contributed by atoms with Crippen molar-refractivity contribution in [1.29, 1.82) is 0 Å². The van der Waals surface area contributed by atoms with Crippen molar-refractivity contribution in [3.05, 3.63) is 18.2 Å². The number of nitrogens with one attached hydrogen (secondary N) is 1. The number of methoxy groups -OCH3 is 1. The van der Waals surface area contributed by atoms with Crippen LogP contribution < -0.4 is 5.32 Å². The van der Waals surface area contributed by atoms with E-state index < -0.39 is 0 Å². The lowest BCUT2D eigenvalue weighted by Crippen LogP contribution is -2.20. The maximum absolute atomic E-state index is 10.9. The molecule has 1 N–H and O–H groups in total. The molecule has 1 aromatic heterocycles. The SMILES string of the molecule is CCCn1cncc1CNCCC(=O)OC. The largest absolute Gasteiger partial charge is 0.469 e. The molecule has 0 saturated heterocycles. The second-order valence-electron chi connectivity index (χ2n) is 3.58. The van der Waals surface area contributed by atoms with Gasteiger partial charge in [0.1, 0.15) is 0 Å². The third-order valence-electron chi connectivity index (χ3n) is 2.30. The topological polar surface area (TPSA) is 56.2 Å². The van der Waals surface area contributed by atoms with Crippen molar-refractivity contribution in [2.24, 2.45) is 0 Å². The highest BCUT2D eigenvalue weighted by Crippen LogP contribution is 2.00. The molecule has 0 saturated carbocycles. The van der Waals surface area contributed by atoms with Crippen LogP contribution in [0.4, 0.5) is 0 Å². The van der Waals surface area contributed by atoms with Gasteiger partial charge in [0.25, 0.3) is 0 Å². The van der Waals surface area contributed by atoms with E-state index in [2.05, 4.69) is 26.5 Å². The summed E-state index contributed by atoms with van der Waals surface area (Å²) in [4.78, 5) is 15.0. The van der Waals surface area contributed by atoms with Crippen molar-refractivity contribution in [3.8, 4) is 0 Å². The quantitative estimate of drug-likeness (QED) is 0.554. The normalized spacial score (nSPS) is 10.4. The zero-order chi connectivity index (χ0) is 11.8. The molecule has 1 heterocycles. The maximum Gasteiger partial charge on any atom is 0.306 e. The fraction of sp³-hybridized carbons (Fsp3) is 0.636. The average molecular weight is 225 g/mol. The van der Waals surface area contributed by atoms with Crippen LogP contribution in [0.3, 0.4) is 0 Å². The van der Waals surface area contributed by atoms with E-state index in [0.717, 1.165) is 25.2 Å². The molecule has 0 spiro atoms. The number of carbonyl (C=O) groups is 1. The highest BCUT2D eigenvalue weighted by molar-refractivity contribution is 5.69. The third kappa shape index (κ3) is 4.02. The Labute approximate surface area is 95.8 Å². The van der Waals surface area contributed by atoms with Gasteiger partial charge in [0.05, 0.1) is 25.6 Å². The van der Waals surface area contributed by atoms with Crippen molar-refractivity contribution < 1.29 is 9.53 Å². The second kappa shape index (κ2) is 7.00. The number of carbonyl (C=O) groups excluding carboxylic acids is 1. The number of ether oxygens (including phenoxy) is 1. The molecule has 1 aromatic rings. The zero-order valence-electron chi connectivity index (χ0n) is 9.90. The van der Waals surface area contributed by atoms with Crippen molar-refractivity contribution in [1.82, 2.24) is 14.9 Å². The Balaban J connectivity index is 2.26. The van der Waals surface area contributed by atoms with E-state index in [0.29, 0.717) is 13.0 Å². The fourth-order valence-corrected chi connectivity index (χ4v) is 1.45. The predicted molar refractivity (Wildman–Crippen MR) is 60.9 cm³/mol. The lowest BCUT2D eigenvalue weighted by atomic mass is 10.4. The summed E-state index contributed by atoms with van der Waals surface area (Å²) < 4.78 is 6.67. The summed E-state index contributed by atoms with van der Waals surface area (Å²) in [7, 11) is 1.40. The Kier molecular flexibility index (Phi) is 5.56. The monoisotopic (exact) mass is 225 g/mol. The maximum atomic E-state index is 10.9. The molecule has 1 rings (SSSR count). The van der Waals surface area contributed by atoms with Crippen molar-refractivity contribution >= 4 is 5.97 Å². The van der Waals surface area contributed by atoms with E-state index in [1.54, 1.807) is 0 Å². The van der Waals surface area contributed by atoms with Crippen LogP contribution in [0.5, 0.6) is 0 Å². The number of imidazole rings is 1. The van der Waals surface area contributed by atoms with Crippen LogP contribution >= 0.6 is 0 Å². The first-order valence-electron chi connectivity index (χ1n) is 5.54. The Morgan fingerprint density at radius 1 is 1.62 bits per heavy atom. The van der Waals surface area contributed by atoms with Gasteiger partial charge in [0.15, 0.2) is 0 Å². The Bertz CT molecular complexity index is 323. The van der Waals surface area contributed by atoms with Crippen LogP contribution in [-0.2, 0) is 22.6 Å². The van der Waals surface area contributed by atoms with E-state index in [9.17, 15) is 4.79 Å². The lowest BCUT2D eigenvalue weighted by molar-refractivity contribution is -0.140. The smallest absolute Gasteiger partial charge is 0.306 e. The average Bonchev–Trinajstić information content (AvgIpc) is 2.72. The van der Waals surface area contributed by atoms with Crippen LogP contribution in [0, 0.1) is 0 Å². The molecule has 0 aliphatic carbocycles. The fourth-order valence-electron chi connectivity index (χ4n) is 1.45. The molecule has 0 aliphatic rings. The molecule has 0 fully saturated rings. The van der Waals surface area contributed by atoms with Gasteiger partial charge in [-0.25, -0.2) is 4.98 Å². The summed E-state index contributed by atoms with van der Waals surface area (Å²) in [6.45, 7) is 4.48. The van der Waals surface area contributed by atoms with Crippen LogP contribution in [0.15, 0.2) is 12.5 Å². The molecular formula is C11H19N3O2. The molecule has 0 bridgehead atoms. The number of hydrogen-bond acceptors (Lipinski definition) is 4. The van der Waals surface area contributed by atoms with E-state index in [-0.39, 0.29) is 5.97 Å². The Morgan fingerprint density at radius 3 is 3.12 bits per heavy atom. The number of aryl methyl sites for hydroxylation is 1. The first-order valence-corrected chi connectivity index (χ1v) is 5.54. The summed E-state index contributed by atoms with van der Waals surface area (Å²) in [5.41, 5.74) is 1.15. The van der Waals surface area contributed by atoms with E-state index in [1.807, 2.05) is 12.5 Å².